The maximum Gasteiger partial charge on any atom is 0.327 e. The third-order valence-electron chi connectivity index (χ3n) is 5.34. The van der Waals surface area contributed by atoms with Crippen LogP contribution in [0.3, 0.4) is 0 Å². The minimum Gasteiger partial charge on any atom is -0.480 e. The van der Waals surface area contributed by atoms with Crippen molar-refractivity contribution in [2.24, 2.45) is 0 Å². The number of fused-ring (bicyclic) bond motifs is 1. The van der Waals surface area contributed by atoms with Gasteiger partial charge in [0.1, 0.15) is 5.82 Å². The summed E-state index contributed by atoms with van der Waals surface area (Å²) in [6, 6.07) is -0.715. The second kappa shape index (κ2) is 6.92. The maximum absolute atomic E-state index is 11.7. The predicted octanol–water partition coefficient (Wildman–Crippen LogP) is 2.43. The molecule has 4 rings (SSSR count). The van der Waals surface area contributed by atoms with Gasteiger partial charge in [-0.2, -0.15) is 0 Å². The number of aromatic nitrogens is 4. The molecule has 0 unspecified atom stereocenters. The minimum absolute atomic E-state index is 0.483. The molecule has 1 atom stereocenters. The molecule has 0 radical (unpaired) electrons. The SMILES string of the molecule is O=C(O)[C@@H]1c2nc[nH]c2CCN1Cc1cnc(C2CCCCC2)nc1. The summed E-state index contributed by atoms with van der Waals surface area (Å²) < 4.78 is 0. The number of carbonyl (C=O) groups is 1. The van der Waals surface area contributed by atoms with Crippen molar-refractivity contribution in [3.05, 3.63) is 41.5 Å². The fourth-order valence-corrected chi connectivity index (χ4v) is 4.02. The molecule has 132 valence electrons. The van der Waals surface area contributed by atoms with E-state index in [-0.39, 0.29) is 0 Å². The minimum atomic E-state index is -0.868. The first-order valence-electron chi connectivity index (χ1n) is 9.02. The van der Waals surface area contributed by atoms with E-state index in [1.807, 2.05) is 17.3 Å². The number of carboxylic acids is 1. The number of H-pyrrole nitrogens is 1. The number of imidazole rings is 1. The molecule has 1 aliphatic carbocycles. The van der Waals surface area contributed by atoms with Crippen LogP contribution < -0.4 is 0 Å². The Bertz CT molecular complexity index is 736. The molecule has 2 aromatic rings. The van der Waals surface area contributed by atoms with Crippen molar-refractivity contribution in [2.45, 2.75) is 57.0 Å². The highest BCUT2D eigenvalue weighted by Gasteiger charge is 2.35. The molecule has 2 aliphatic rings. The van der Waals surface area contributed by atoms with Crippen molar-refractivity contribution in [3.63, 3.8) is 0 Å². The van der Waals surface area contributed by atoms with E-state index in [0.717, 1.165) is 23.5 Å². The third kappa shape index (κ3) is 3.28. The zero-order valence-electron chi connectivity index (χ0n) is 14.2. The van der Waals surface area contributed by atoms with E-state index in [0.29, 0.717) is 24.7 Å². The second-order valence-electron chi connectivity index (χ2n) is 7.01. The second-order valence-corrected chi connectivity index (χ2v) is 7.01. The number of hydrogen-bond donors (Lipinski definition) is 2. The Morgan fingerprint density at radius 3 is 2.68 bits per heavy atom. The summed E-state index contributed by atoms with van der Waals surface area (Å²) in [6.45, 7) is 1.20. The molecule has 1 fully saturated rings. The van der Waals surface area contributed by atoms with Crippen molar-refractivity contribution in [3.8, 4) is 0 Å². The molecule has 0 bridgehead atoms. The molecule has 1 aliphatic heterocycles. The van der Waals surface area contributed by atoms with Gasteiger partial charge in [0.15, 0.2) is 6.04 Å². The lowest BCUT2D eigenvalue weighted by Crippen LogP contribution is -2.39. The fourth-order valence-electron chi connectivity index (χ4n) is 4.02. The van der Waals surface area contributed by atoms with Gasteiger partial charge < -0.3 is 10.1 Å². The lowest BCUT2D eigenvalue weighted by molar-refractivity contribution is -0.144. The predicted molar refractivity (Wildman–Crippen MR) is 90.9 cm³/mol. The monoisotopic (exact) mass is 341 g/mol. The van der Waals surface area contributed by atoms with Crippen LogP contribution >= 0.6 is 0 Å². The van der Waals surface area contributed by atoms with Crippen LogP contribution in [0.1, 0.15) is 66.8 Å². The number of nitrogens with zero attached hydrogens (tertiary/aromatic N) is 4. The van der Waals surface area contributed by atoms with Gasteiger partial charge in [0.05, 0.1) is 12.0 Å². The highest BCUT2D eigenvalue weighted by atomic mass is 16.4. The van der Waals surface area contributed by atoms with E-state index in [4.69, 9.17) is 0 Å². The van der Waals surface area contributed by atoms with Crippen molar-refractivity contribution in [2.75, 3.05) is 6.54 Å². The van der Waals surface area contributed by atoms with Crippen LogP contribution in [0, 0.1) is 0 Å². The molecule has 7 nitrogen and oxygen atoms in total. The molecule has 2 N–H and O–H groups in total. The number of aromatic amines is 1. The molecule has 1 saturated carbocycles. The Hall–Kier alpha value is -2.28. The van der Waals surface area contributed by atoms with Crippen LogP contribution in [0.25, 0.3) is 0 Å². The van der Waals surface area contributed by atoms with E-state index in [1.165, 1.54) is 32.1 Å². The molecule has 7 heteroatoms. The summed E-state index contributed by atoms with van der Waals surface area (Å²) in [4.78, 5) is 30.1. The van der Waals surface area contributed by atoms with Crippen LogP contribution in [0.15, 0.2) is 18.7 Å². The molecule has 3 heterocycles. The van der Waals surface area contributed by atoms with Gasteiger partial charge in [-0.05, 0) is 12.8 Å². The Balaban J connectivity index is 1.49. The van der Waals surface area contributed by atoms with Gasteiger partial charge in [-0.3, -0.25) is 9.69 Å². The summed E-state index contributed by atoms with van der Waals surface area (Å²) >= 11 is 0. The quantitative estimate of drug-likeness (QED) is 0.887. The van der Waals surface area contributed by atoms with Crippen molar-refractivity contribution >= 4 is 5.97 Å². The zero-order valence-corrected chi connectivity index (χ0v) is 14.2. The van der Waals surface area contributed by atoms with E-state index < -0.39 is 12.0 Å². The van der Waals surface area contributed by atoms with E-state index in [2.05, 4.69) is 19.9 Å². The van der Waals surface area contributed by atoms with Crippen LogP contribution in [0.4, 0.5) is 0 Å². The van der Waals surface area contributed by atoms with Crippen LogP contribution in [-0.4, -0.2) is 42.5 Å². The van der Waals surface area contributed by atoms with Gasteiger partial charge in [0.2, 0.25) is 0 Å². The smallest absolute Gasteiger partial charge is 0.327 e. The van der Waals surface area contributed by atoms with Crippen LogP contribution in [-0.2, 0) is 17.8 Å². The van der Waals surface area contributed by atoms with Crippen molar-refractivity contribution in [1.29, 1.82) is 0 Å². The van der Waals surface area contributed by atoms with Crippen molar-refractivity contribution in [1.82, 2.24) is 24.8 Å². The van der Waals surface area contributed by atoms with Crippen LogP contribution in [0.2, 0.25) is 0 Å². The first kappa shape index (κ1) is 16.2. The first-order valence-corrected chi connectivity index (χ1v) is 9.02. The first-order chi connectivity index (χ1) is 12.2. The maximum atomic E-state index is 11.7. The molecule has 0 aromatic carbocycles. The summed E-state index contributed by atoms with van der Waals surface area (Å²) in [5, 5.41) is 9.64. The van der Waals surface area contributed by atoms with E-state index in [9.17, 15) is 9.90 Å². The molecule has 0 saturated heterocycles. The summed E-state index contributed by atoms with van der Waals surface area (Å²) in [7, 11) is 0. The molecule has 0 spiro atoms. The Morgan fingerprint density at radius 2 is 1.96 bits per heavy atom. The number of rotatable bonds is 4. The topological polar surface area (TPSA) is 95.0 Å². The molecular formula is C18H23N5O2. The number of carboxylic acid groups (broad SMARTS) is 1. The van der Waals surface area contributed by atoms with Crippen LogP contribution in [0.5, 0.6) is 0 Å². The third-order valence-corrected chi connectivity index (χ3v) is 5.34. The van der Waals surface area contributed by atoms with E-state index in [1.54, 1.807) is 6.33 Å². The van der Waals surface area contributed by atoms with Gasteiger partial charge in [-0.1, -0.05) is 19.3 Å². The summed E-state index contributed by atoms with van der Waals surface area (Å²) in [5.74, 6) is 0.551. The Kier molecular flexibility index (Phi) is 4.48. The molecular weight excluding hydrogens is 318 g/mol. The summed E-state index contributed by atoms with van der Waals surface area (Å²) in [6.07, 6.45) is 12.3. The lowest BCUT2D eigenvalue weighted by Gasteiger charge is -2.32. The average molecular weight is 341 g/mol. The Morgan fingerprint density at radius 1 is 1.20 bits per heavy atom. The molecule has 2 aromatic heterocycles. The number of aliphatic carboxylic acids is 1. The number of hydrogen-bond acceptors (Lipinski definition) is 5. The van der Waals surface area contributed by atoms with Gasteiger partial charge in [-0.25, -0.2) is 15.0 Å². The van der Waals surface area contributed by atoms with Crippen molar-refractivity contribution < 1.29 is 9.90 Å². The zero-order chi connectivity index (χ0) is 17.2. The summed E-state index contributed by atoms with van der Waals surface area (Å²) in [5.41, 5.74) is 2.50. The van der Waals surface area contributed by atoms with Gasteiger partial charge in [0, 0.05) is 49.1 Å². The number of nitrogens with one attached hydrogen (secondary N) is 1. The molecule has 0 amide bonds. The lowest BCUT2D eigenvalue weighted by atomic mass is 9.89. The Labute approximate surface area is 146 Å². The van der Waals surface area contributed by atoms with Gasteiger partial charge in [-0.15, -0.1) is 0 Å². The average Bonchev–Trinajstić information content (AvgIpc) is 3.11. The normalized spacial score (nSPS) is 21.8. The van der Waals surface area contributed by atoms with Gasteiger partial charge >= 0.3 is 5.97 Å². The fraction of sp³-hybridized carbons (Fsp3) is 0.556. The standard InChI is InChI=1S/C18H23N5O2/c24-18(25)16-15-14(21-11-22-15)6-7-23(16)10-12-8-19-17(20-9-12)13-4-2-1-3-5-13/h8-9,11,13,16H,1-7,10H2,(H,21,22)(H,24,25)/t16-/m0/s1. The molecule has 25 heavy (non-hydrogen) atoms. The van der Waals surface area contributed by atoms with E-state index >= 15 is 0 Å². The highest BCUT2D eigenvalue weighted by Crippen LogP contribution is 2.31. The van der Waals surface area contributed by atoms with Gasteiger partial charge in [0.25, 0.3) is 0 Å². The largest absolute Gasteiger partial charge is 0.480 e. The highest BCUT2D eigenvalue weighted by molar-refractivity contribution is 5.75.